The molecule has 0 amide bonds. The zero-order valence-corrected chi connectivity index (χ0v) is 11.9. The van der Waals surface area contributed by atoms with Crippen molar-refractivity contribution in [3.8, 4) is 5.75 Å². The van der Waals surface area contributed by atoms with Crippen LogP contribution in [0.2, 0.25) is 0 Å². The first kappa shape index (κ1) is 14.5. The van der Waals surface area contributed by atoms with E-state index >= 15 is 0 Å². The van der Waals surface area contributed by atoms with Crippen molar-refractivity contribution in [2.24, 2.45) is 0 Å². The van der Waals surface area contributed by atoms with Crippen LogP contribution in [0.1, 0.15) is 24.1 Å². The molecule has 0 radical (unpaired) electrons. The zero-order chi connectivity index (χ0) is 14.4. The summed E-state index contributed by atoms with van der Waals surface area (Å²) in [5.74, 6) is 0.0274. The first-order valence-corrected chi connectivity index (χ1v) is 6.88. The molecule has 0 saturated carbocycles. The van der Waals surface area contributed by atoms with E-state index in [-0.39, 0.29) is 11.9 Å². The van der Waals surface area contributed by atoms with Crippen LogP contribution in [-0.2, 0) is 0 Å². The van der Waals surface area contributed by atoms with Gasteiger partial charge in [-0.1, -0.05) is 49.4 Å². The van der Waals surface area contributed by atoms with Crippen molar-refractivity contribution in [1.29, 1.82) is 0 Å². The van der Waals surface area contributed by atoms with Crippen molar-refractivity contribution in [1.82, 2.24) is 5.32 Å². The molecule has 3 heteroatoms. The molecule has 106 valence electrons. The van der Waals surface area contributed by atoms with Crippen LogP contribution in [0.15, 0.2) is 48.5 Å². The lowest BCUT2D eigenvalue weighted by Crippen LogP contribution is -2.26. The summed E-state index contributed by atoms with van der Waals surface area (Å²) in [5.41, 5.74) is 1.74. The molecule has 1 unspecified atom stereocenters. The van der Waals surface area contributed by atoms with E-state index in [0.29, 0.717) is 17.9 Å². The Kier molecular flexibility index (Phi) is 5.13. The molecule has 2 rings (SSSR count). The van der Waals surface area contributed by atoms with Gasteiger partial charge in [-0.25, -0.2) is 4.39 Å². The van der Waals surface area contributed by atoms with E-state index in [2.05, 4.69) is 5.32 Å². The second-order valence-corrected chi connectivity index (χ2v) is 4.72. The van der Waals surface area contributed by atoms with Crippen LogP contribution in [0.25, 0.3) is 0 Å². The van der Waals surface area contributed by atoms with E-state index in [0.717, 1.165) is 12.1 Å². The highest BCUT2D eigenvalue weighted by molar-refractivity contribution is 5.30. The number of hydrogen-bond donors (Lipinski definition) is 1. The first-order chi connectivity index (χ1) is 9.72. The Bertz CT molecular complexity index is 542. The van der Waals surface area contributed by atoms with Crippen LogP contribution in [0.4, 0.5) is 4.39 Å². The van der Waals surface area contributed by atoms with Crippen LogP contribution in [0, 0.1) is 12.7 Å². The Balaban J connectivity index is 2.08. The minimum Gasteiger partial charge on any atom is -0.489 e. The fourth-order valence-electron chi connectivity index (χ4n) is 2.11. The SMILES string of the molecule is CCNC(COc1cccc(C)c1F)c1ccccc1. The van der Waals surface area contributed by atoms with Crippen LogP contribution < -0.4 is 10.1 Å². The fraction of sp³-hybridized carbons (Fsp3) is 0.294. The van der Waals surface area contributed by atoms with E-state index < -0.39 is 0 Å². The monoisotopic (exact) mass is 273 g/mol. The summed E-state index contributed by atoms with van der Waals surface area (Å²) in [6, 6.07) is 15.3. The van der Waals surface area contributed by atoms with Gasteiger partial charge in [0.1, 0.15) is 6.61 Å². The second kappa shape index (κ2) is 7.06. The molecular weight excluding hydrogens is 253 g/mol. The first-order valence-electron chi connectivity index (χ1n) is 6.88. The van der Waals surface area contributed by atoms with Gasteiger partial charge in [-0.3, -0.25) is 0 Å². The maximum absolute atomic E-state index is 13.9. The van der Waals surface area contributed by atoms with Gasteiger partial charge in [0.2, 0.25) is 0 Å². The van der Waals surface area contributed by atoms with Crippen molar-refractivity contribution >= 4 is 0 Å². The summed E-state index contributed by atoms with van der Waals surface area (Å²) in [5, 5.41) is 3.36. The Morgan fingerprint density at radius 1 is 1.10 bits per heavy atom. The van der Waals surface area contributed by atoms with Gasteiger partial charge in [-0.05, 0) is 30.7 Å². The minimum atomic E-state index is -0.282. The molecule has 0 saturated heterocycles. The van der Waals surface area contributed by atoms with Gasteiger partial charge in [0.25, 0.3) is 0 Å². The quantitative estimate of drug-likeness (QED) is 0.862. The maximum Gasteiger partial charge on any atom is 0.167 e. The molecular formula is C17H20FNO. The summed E-state index contributed by atoms with van der Waals surface area (Å²) in [7, 11) is 0. The fourth-order valence-corrected chi connectivity index (χ4v) is 2.11. The van der Waals surface area contributed by atoms with Crippen molar-refractivity contribution in [3.05, 3.63) is 65.5 Å². The number of halogens is 1. The lowest BCUT2D eigenvalue weighted by Gasteiger charge is -2.19. The molecule has 0 heterocycles. The molecule has 2 aromatic rings. The molecule has 0 aliphatic carbocycles. The molecule has 0 fully saturated rings. The number of rotatable bonds is 6. The highest BCUT2D eigenvalue weighted by Crippen LogP contribution is 2.21. The van der Waals surface area contributed by atoms with Gasteiger partial charge in [0.05, 0.1) is 6.04 Å². The molecule has 2 nitrogen and oxygen atoms in total. The molecule has 20 heavy (non-hydrogen) atoms. The normalized spacial score (nSPS) is 12.2. The largest absolute Gasteiger partial charge is 0.489 e. The van der Waals surface area contributed by atoms with E-state index in [1.165, 1.54) is 0 Å². The van der Waals surface area contributed by atoms with Gasteiger partial charge >= 0.3 is 0 Å². The van der Waals surface area contributed by atoms with Crippen LogP contribution in [0.3, 0.4) is 0 Å². The standard InChI is InChI=1S/C17H20FNO/c1-3-19-15(14-9-5-4-6-10-14)12-20-16-11-7-8-13(2)17(16)18/h4-11,15,19H,3,12H2,1-2H3. The van der Waals surface area contributed by atoms with Crippen LogP contribution >= 0.6 is 0 Å². The highest BCUT2D eigenvalue weighted by Gasteiger charge is 2.12. The molecule has 0 aliphatic heterocycles. The highest BCUT2D eigenvalue weighted by atomic mass is 19.1. The summed E-state index contributed by atoms with van der Waals surface area (Å²) in [6.07, 6.45) is 0. The van der Waals surface area contributed by atoms with Crippen molar-refractivity contribution in [2.75, 3.05) is 13.2 Å². The van der Waals surface area contributed by atoms with Crippen LogP contribution in [0.5, 0.6) is 5.75 Å². The van der Waals surface area contributed by atoms with Crippen molar-refractivity contribution < 1.29 is 9.13 Å². The predicted molar refractivity (Wildman–Crippen MR) is 79.5 cm³/mol. The number of likely N-dealkylation sites (N-methyl/N-ethyl adjacent to an activating group) is 1. The van der Waals surface area contributed by atoms with Gasteiger partial charge in [-0.15, -0.1) is 0 Å². The molecule has 0 spiro atoms. The molecule has 0 aromatic heterocycles. The Morgan fingerprint density at radius 3 is 2.55 bits per heavy atom. The van der Waals surface area contributed by atoms with E-state index in [1.807, 2.05) is 37.3 Å². The average Bonchev–Trinajstić information content (AvgIpc) is 2.48. The minimum absolute atomic E-state index is 0.0566. The maximum atomic E-state index is 13.9. The zero-order valence-electron chi connectivity index (χ0n) is 11.9. The predicted octanol–water partition coefficient (Wildman–Crippen LogP) is 3.86. The Morgan fingerprint density at radius 2 is 1.85 bits per heavy atom. The number of benzene rings is 2. The molecule has 0 aliphatic rings. The molecule has 0 bridgehead atoms. The summed E-state index contributed by atoms with van der Waals surface area (Å²) < 4.78 is 19.5. The van der Waals surface area contributed by atoms with E-state index in [4.69, 9.17) is 4.74 Å². The third kappa shape index (κ3) is 3.58. The smallest absolute Gasteiger partial charge is 0.167 e. The Hall–Kier alpha value is -1.87. The lowest BCUT2D eigenvalue weighted by atomic mass is 10.1. The number of nitrogens with one attached hydrogen (secondary N) is 1. The second-order valence-electron chi connectivity index (χ2n) is 4.72. The number of hydrogen-bond acceptors (Lipinski definition) is 2. The molecule has 1 atom stereocenters. The lowest BCUT2D eigenvalue weighted by molar-refractivity contribution is 0.257. The summed E-state index contributed by atoms with van der Waals surface area (Å²) in [6.45, 7) is 5.02. The summed E-state index contributed by atoms with van der Waals surface area (Å²) in [4.78, 5) is 0. The number of aryl methyl sites for hydroxylation is 1. The van der Waals surface area contributed by atoms with Gasteiger partial charge < -0.3 is 10.1 Å². The van der Waals surface area contributed by atoms with Crippen molar-refractivity contribution in [2.45, 2.75) is 19.9 Å². The summed E-state index contributed by atoms with van der Waals surface area (Å²) >= 11 is 0. The van der Waals surface area contributed by atoms with E-state index in [9.17, 15) is 4.39 Å². The molecule has 1 N–H and O–H groups in total. The van der Waals surface area contributed by atoms with Gasteiger partial charge in [0, 0.05) is 0 Å². The van der Waals surface area contributed by atoms with Crippen LogP contribution in [-0.4, -0.2) is 13.2 Å². The van der Waals surface area contributed by atoms with E-state index in [1.54, 1.807) is 25.1 Å². The topological polar surface area (TPSA) is 21.3 Å². The third-order valence-corrected chi connectivity index (χ3v) is 3.21. The van der Waals surface area contributed by atoms with Crippen molar-refractivity contribution in [3.63, 3.8) is 0 Å². The van der Waals surface area contributed by atoms with Gasteiger partial charge in [-0.2, -0.15) is 0 Å². The Labute approximate surface area is 119 Å². The average molecular weight is 273 g/mol. The number of ether oxygens (including phenoxy) is 1. The molecule has 2 aromatic carbocycles. The third-order valence-electron chi connectivity index (χ3n) is 3.21. The van der Waals surface area contributed by atoms with Gasteiger partial charge in [0.15, 0.2) is 11.6 Å².